The van der Waals surface area contributed by atoms with Gasteiger partial charge in [0.25, 0.3) is 0 Å². The first-order chi connectivity index (χ1) is 36.2. The van der Waals surface area contributed by atoms with Gasteiger partial charge in [-0.2, -0.15) is 4.99 Å². The molecule has 4 saturated carbocycles. The summed E-state index contributed by atoms with van der Waals surface area (Å²) < 4.78 is 92.3. The van der Waals surface area contributed by atoms with Crippen molar-refractivity contribution in [3.63, 3.8) is 0 Å². The van der Waals surface area contributed by atoms with Gasteiger partial charge in [0.2, 0.25) is 6.08 Å². The van der Waals surface area contributed by atoms with Crippen molar-refractivity contribution in [2.24, 2.45) is 15.7 Å². The molecule has 3 atom stereocenters. The Morgan fingerprint density at radius 1 is 0.562 bits per heavy atom. The van der Waals surface area contributed by atoms with Gasteiger partial charge in [0.15, 0.2) is 29.5 Å². The SMILES string of the molecule is C.C.NC1(C2CCCS2(=O)=O)CCCCC1.O=C(Cl)Cl.O=C=NC1(C2CCCS2(=O)=O)CCCCC1.O=S1(=O)CCCC1.O=S1(=O)CCCC1C1(NCc2ccccc2)CCCCC1.[CH3-].[HH].[Pd].c1ccc(CN=C2CCCCC2)cc1. The minimum Gasteiger partial charge on any atom is -0.358 e. The second-order valence-corrected chi connectivity index (χ2v) is 32.3. The van der Waals surface area contributed by atoms with E-state index in [4.69, 9.17) is 10.5 Å². The quantitative estimate of drug-likeness (QED) is 0.0784. The smallest absolute Gasteiger partial charge is 0.313 e. The first kappa shape index (κ1) is 76.1. The Kier molecular flexibility index (Phi) is 35.1. The number of nitrogens with two attached hydrogens (primary N) is 1. The second-order valence-electron chi connectivity index (χ2n) is 22.2. The molecule has 464 valence electrons. The molecule has 80 heavy (non-hydrogen) atoms. The minimum atomic E-state index is -3.04. The molecule has 4 saturated heterocycles. The van der Waals surface area contributed by atoms with E-state index >= 15 is 0 Å². The molecule has 0 amide bonds. The van der Waals surface area contributed by atoms with Crippen molar-refractivity contribution in [2.75, 3.05) is 28.8 Å². The number of nitrogens with zero attached hydrogens (tertiary/aromatic N) is 2. The Labute approximate surface area is 509 Å². The van der Waals surface area contributed by atoms with E-state index in [0.717, 1.165) is 135 Å². The molecule has 10 rings (SSSR count). The number of benzene rings is 2. The average Bonchev–Trinajstić information content (AvgIpc) is 4.24. The summed E-state index contributed by atoms with van der Waals surface area (Å²) in [7, 11) is -11.4. The minimum absolute atomic E-state index is 0. The molecule has 3 N–H and O–H groups in total. The van der Waals surface area contributed by atoms with Gasteiger partial charge in [-0.3, -0.25) is 9.79 Å². The molecule has 0 bridgehead atoms. The maximum absolute atomic E-state index is 12.4. The third-order valence-corrected chi connectivity index (χ3v) is 25.8. The van der Waals surface area contributed by atoms with Crippen molar-refractivity contribution in [2.45, 2.75) is 240 Å². The summed E-state index contributed by atoms with van der Waals surface area (Å²) in [4.78, 5) is 28.1. The zero-order valence-electron chi connectivity index (χ0n) is 46.0. The van der Waals surface area contributed by atoms with E-state index in [0.29, 0.717) is 35.9 Å². The third kappa shape index (κ3) is 24.2. The van der Waals surface area contributed by atoms with Crippen LogP contribution in [0.15, 0.2) is 70.6 Å². The van der Waals surface area contributed by atoms with E-state index in [1.54, 1.807) is 6.08 Å². The summed E-state index contributed by atoms with van der Waals surface area (Å²) in [6.45, 7) is 1.64. The average molecular weight is 1330 g/mol. The van der Waals surface area contributed by atoms with Crippen molar-refractivity contribution in [3.05, 3.63) is 79.2 Å². The van der Waals surface area contributed by atoms with Crippen LogP contribution in [-0.4, -0.2) is 111 Å². The molecule has 4 heterocycles. The summed E-state index contributed by atoms with van der Waals surface area (Å²) in [6, 6.07) is 20.8. The van der Waals surface area contributed by atoms with E-state index in [1.807, 2.05) is 18.2 Å². The Bertz CT molecular complexity index is 2630. The molecule has 8 aliphatic rings. The molecule has 0 radical (unpaired) electrons. The Balaban J connectivity index is 0.000000981. The zero-order valence-corrected chi connectivity index (χ0v) is 52.3. The van der Waals surface area contributed by atoms with E-state index in [9.17, 15) is 38.5 Å². The monoisotopic (exact) mass is 1330 g/mol. The first-order valence-electron chi connectivity index (χ1n) is 28.1. The van der Waals surface area contributed by atoms with Gasteiger partial charge in [-0.05, 0) is 150 Å². The number of isocyanates is 1. The maximum Gasteiger partial charge on any atom is 0.313 e. The predicted octanol–water partition coefficient (Wildman–Crippen LogP) is 13.2. The fourth-order valence-corrected chi connectivity index (χ4v) is 21.4. The van der Waals surface area contributed by atoms with Crippen LogP contribution in [0.5, 0.6) is 0 Å². The number of halogens is 2. The van der Waals surface area contributed by atoms with Gasteiger partial charge in [0, 0.05) is 45.2 Å². The number of hydrogen-bond acceptors (Lipinski definition) is 14. The maximum atomic E-state index is 12.4. The van der Waals surface area contributed by atoms with Crippen molar-refractivity contribution in [3.8, 4) is 0 Å². The number of carbonyl (C=O) groups is 1. The third-order valence-electron chi connectivity index (χ3n) is 16.8. The van der Waals surface area contributed by atoms with Gasteiger partial charge >= 0.3 is 4.70 Å². The molecule has 0 spiro atoms. The van der Waals surface area contributed by atoms with Gasteiger partial charge < -0.3 is 18.5 Å². The zero-order chi connectivity index (χ0) is 55.2. The van der Waals surface area contributed by atoms with Gasteiger partial charge in [-0.1, -0.05) is 140 Å². The topological polar surface area (TPSA) is 233 Å². The molecular formula is C59H99Cl2N4O10PdS4-. The van der Waals surface area contributed by atoms with Gasteiger partial charge in [-0.25, -0.2) is 38.5 Å². The summed E-state index contributed by atoms with van der Waals surface area (Å²) >= 11 is 8.80. The van der Waals surface area contributed by atoms with Crippen LogP contribution < -0.4 is 11.1 Å². The van der Waals surface area contributed by atoms with Crippen LogP contribution in [-0.2, 0) is 77.7 Å². The molecule has 0 aromatic heterocycles. The first-order valence-corrected chi connectivity index (χ1v) is 35.8. The molecule has 4 aliphatic heterocycles. The van der Waals surface area contributed by atoms with Gasteiger partial charge in [0.05, 0.1) is 56.6 Å². The fourth-order valence-electron chi connectivity index (χ4n) is 12.9. The van der Waals surface area contributed by atoms with E-state index in [1.165, 1.54) is 61.8 Å². The van der Waals surface area contributed by atoms with Crippen LogP contribution in [0.2, 0.25) is 0 Å². The molecule has 8 fully saturated rings. The van der Waals surface area contributed by atoms with Crippen molar-refractivity contribution in [1.29, 1.82) is 0 Å². The largest absolute Gasteiger partial charge is 0.358 e. The summed E-state index contributed by atoms with van der Waals surface area (Å²) in [6.07, 6.45) is 29.8. The Morgan fingerprint density at radius 3 is 1.38 bits per heavy atom. The Hall–Kier alpha value is -1.88. The molecule has 2 aromatic carbocycles. The van der Waals surface area contributed by atoms with E-state index in [2.05, 4.69) is 81.0 Å². The summed E-state index contributed by atoms with van der Waals surface area (Å²) in [5.41, 5.74) is 9.02. The van der Waals surface area contributed by atoms with Crippen LogP contribution in [0.1, 0.15) is 207 Å². The molecule has 2 aromatic rings. The van der Waals surface area contributed by atoms with Crippen molar-refractivity contribution < 1.29 is 65.1 Å². The van der Waals surface area contributed by atoms with Crippen LogP contribution in [0.25, 0.3) is 0 Å². The number of aliphatic imine (C=N–C) groups is 2. The van der Waals surface area contributed by atoms with E-state index in [-0.39, 0.29) is 65.9 Å². The van der Waals surface area contributed by atoms with Crippen LogP contribution >= 0.6 is 23.2 Å². The normalized spacial score (nSPS) is 25.5. The molecule has 14 nitrogen and oxygen atoms in total. The number of carbonyl (C=O) groups excluding carboxylic acids is 2. The number of sulfone groups is 4. The fraction of sp³-hybridized carbons (Fsp3) is 0.729. The standard InChI is InChI=1S/C17H25NO2S.C13H17N.C11H17NO3S.C10H19NO2S.C4H8O2S.CCl2O.2CH4.CH3.Pd.H2/c19-21(20)13-7-10-16(21)17(11-5-2-6-12-17)18-14-15-8-3-1-4-9-15;1-3-7-12(8-4-1)11-14-13-9-5-2-6-10-13;13-9-12-11(6-2-1-3-7-11)10-5-4-8-16(10,14)15;11-10(6-2-1-3-7-10)9-5-4-8-14(9,12)13;5-7(6)3-1-2-4-7;2-1(3)4;;;;;/h1,3-4,8-9,16,18H,2,5-7,10-14H2;1,3-4,7-8H,2,5-6,9-11H2;10H,1-8H2;9H,1-8,11H2;1-4H2;;2*1H4;1H3;;1H/q;;;;;;;;-1;;. The molecule has 4 aliphatic carbocycles. The van der Waals surface area contributed by atoms with Crippen molar-refractivity contribution >= 4 is 79.0 Å². The predicted molar refractivity (Wildman–Crippen MR) is 331 cm³/mol. The number of nitrogens with one attached hydrogen (secondary N) is 1. The van der Waals surface area contributed by atoms with Crippen LogP contribution in [0, 0.1) is 7.43 Å². The second kappa shape index (κ2) is 36.9. The summed E-state index contributed by atoms with van der Waals surface area (Å²) in [5.74, 6) is 1.84. The molecule has 21 heteroatoms. The number of rotatable bonds is 9. The van der Waals surface area contributed by atoms with Gasteiger partial charge in [-0.15, -0.1) is 0 Å². The van der Waals surface area contributed by atoms with Crippen LogP contribution in [0.3, 0.4) is 0 Å². The molecular weight excluding hydrogens is 1230 g/mol. The van der Waals surface area contributed by atoms with E-state index < -0.39 is 60.4 Å². The number of hydrogen-bond donors (Lipinski definition) is 2. The van der Waals surface area contributed by atoms with Crippen LogP contribution in [0.4, 0.5) is 4.79 Å². The summed E-state index contributed by atoms with van der Waals surface area (Å²) in [5, 5.41) is 2.83. The molecule has 3 unspecified atom stereocenters. The Morgan fingerprint density at radius 2 is 0.963 bits per heavy atom. The van der Waals surface area contributed by atoms with Gasteiger partial charge in [0.1, 0.15) is 9.84 Å². The van der Waals surface area contributed by atoms with Crippen molar-refractivity contribution in [1.82, 2.24) is 5.32 Å².